The zero-order valence-corrected chi connectivity index (χ0v) is 8.86. The van der Waals surface area contributed by atoms with Crippen molar-refractivity contribution >= 4 is 27.6 Å². The van der Waals surface area contributed by atoms with Crippen molar-refractivity contribution in [2.24, 2.45) is 0 Å². The number of rotatable bonds is 1. The van der Waals surface area contributed by atoms with Gasteiger partial charge < -0.3 is 14.9 Å². The SMILES string of the molecule is COc1cc2ccccc2c2cc(N)oc12. The summed E-state index contributed by atoms with van der Waals surface area (Å²) < 4.78 is 10.8. The molecule has 0 bridgehead atoms. The summed E-state index contributed by atoms with van der Waals surface area (Å²) in [6.45, 7) is 0. The van der Waals surface area contributed by atoms with E-state index in [1.165, 1.54) is 0 Å². The highest BCUT2D eigenvalue weighted by atomic mass is 16.5. The molecule has 16 heavy (non-hydrogen) atoms. The molecule has 0 unspecified atom stereocenters. The number of nitrogens with two attached hydrogens (primary N) is 1. The summed E-state index contributed by atoms with van der Waals surface area (Å²) in [5.74, 6) is 1.12. The minimum Gasteiger partial charge on any atom is -0.493 e. The third-order valence-electron chi connectivity index (χ3n) is 2.73. The Kier molecular flexibility index (Phi) is 1.80. The maximum atomic E-state index is 5.68. The van der Waals surface area contributed by atoms with Crippen LogP contribution in [-0.2, 0) is 0 Å². The normalized spacial score (nSPS) is 11.1. The van der Waals surface area contributed by atoms with E-state index >= 15 is 0 Å². The Labute approximate surface area is 92.4 Å². The van der Waals surface area contributed by atoms with Gasteiger partial charge in [-0.05, 0) is 16.8 Å². The number of hydrogen-bond donors (Lipinski definition) is 1. The van der Waals surface area contributed by atoms with Gasteiger partial charge in [0.05, 0.1) is 7.11 Å². The fraction of sp³-hybridized carbons (Fsp3) is 0.0769. The predicted octanol–water partition coefficient (Wildman–Crippen LogP) is 3.18. The third kappa shape index (κ3) is 1.15. The molecule has 0 aliphatic heterocycles. The van der Waals surface area contributed by atoms with E-state index in [4.69, 9.17) is 14.9 Å². The van der Waals surface area contributed by atoms with Gasteiger partial charge in [-0.25, -0.2) is 0 Å². The van der Waals surface area contributed by atoms with E-state index in [0.29, 0.717) is 17.2 Å². The average molecular weight is 213 g/mol. The zero-order valence-electron chi connectivity index (χ0n) is 8.86. The predicted molar refractivity (Wildman–Crippen MR) is 64.7 cm³/mol. The van der Waals surface area contributed by atoms with Crippen LogP contribution in [0.4, 0.5) is 5.88 Å². The molecule has 3 nitrogen and oxygen atoms in total. The minimum atomic E-state index is 0.407. The van der Waals surface area contributed by atoms with Crippen molar-refractivity contribution in [2.45, 2.75) is 0 Å². The van der Waals surface area contributed by atoms with Crippen LogP contribution >= 0.6 is 0 Å². The fourth-order valence-corrected chi connectivity index (χ4v) is 2.02. The van der Waals surface area contributed by atoms with Crippen molar-refractivity contribution < 1.29 is 9.15 Å². The van der Waals surface area contributed by atoms with Gasteiger partial charge in [-0.15, -0.1) is 0 Å². The minimum absolute atomic E-state index is 0.407. The highest BCUT2D eigenvalue weighted by Crippen LogP contribution is 2.36. The topological polar surface area (TPSA) is 48.4 Å². The van der Waals surface area contributed by atoms with Gasteiger partial charge in [-0.1, -0.05) is 24.3 Å². The number of hydrogen-bond acceptors (Lipinski definition) is 3. The first kappa shape index (κ1) is 9.09. The van der Waals surface area contributed by atoms with Crippen LogP contribution in [0.1, 0.15) is 0 Å². The van der Waals surface area contributed by atoms with E-state index in [1.54, 1.807) is 7.11 Å². The molecule has 80 valence electrons. The third-order valence-corrected chi connectivity index (χ3v) is 2.73. The van der Waals surface area contributed by atoms with E-state index < -0.39 is 0 Å². The first-order valence-electron chi connectivity index (χ1n) is 5.04. The lowest BCUT2D eigenvalue weighted by molar-refractivity contribution is 0.411. The molecule has 1 aromatic heterocycles. The summed E-state index contributed by atoms with van der Waals surface area (Å²) in [6, 6.07) is 11.9. The number of anilines is 1. The quantitative estimate of drug-likeness (QED) is 0.675. The number of fused-ring (bicyclic) bond motifs is 3. The molecule has 0 spiro atoms. The van der Waals surface area contributed by atoms with E-state index in [9.17, 15) is 0 Å². The van der Waals surface area contributed by atoms with Crippen LogP contribution in [0, 0.1) is 0 Å². The van der Waals surface area contributed by atoms with Crippen LogP contribution in [0.2, 0.25) is 0 Å². The summed E-state index contributed by atoms with van der Waals surface area (Å²) >= 11 is 0. The Morgan fingerprint density at radius 3 is 2.75 bits per heavy atom. The molecule has 2 N–H and O–H groups in total. The lowest BCUT2D eigenvalue weighted by Gasteiger charge is -2.04. The summed E-state index contributed by atoms with van der Waals surface area (Å²) in [4.78, 5) is 0. The highest BCUT2D eigenvalue weighted by molar-refractivity contribution is 6.09. The molecule has 0 saturated carbocycles. The van der Waals surface area contributed by atoms with E-state index in [1.807, 2.05) is 36.4 Å². The van der Waals surface area contributed by atoms with Crippen LogP contribution in [0.3, 0.4) is 0 Å². The maximum absolute atomic E-state index is 5.68. The smallest absolute Gasteiger partial charge is 0.191 e. The Bertz CT molecular complexity index is 670. The summed E-state index contributed by atoms with van der Waals surface area (Å²) in [5.41, 5.74) is 6.39. The standard InChI is InChI=1S/C13H11NO2/c1-15-11-6-8-4-2-3-5-9(8)10-7-12(14)16-13(10)11/h2-7H,14H2,1H3. The average Bonchev–Trinajstić information content (AvgIpc) is 2.69. The first-order chi connectivity index (χ1) is 7.79. The molecule has 0 fully saturated rings. The van der Waals surface area contributed by atoms with Gasteiger partial charge in [0.15, 0.2) is 17.2 Å². The Hall–Kier alpha value is -2.16. The van der Waals surface area contributed by atoms with Crippen LogP contribution in [0.25, 0.3) is 21.7 Å². The Balaban J connectivity index is 2.56. The second-order valence-corrected chi connectivity index (χ2v) is 3.69. The van der Waals surface area contributed by atoms with Crippen molar-refractivity contribution in [1.29, 1.82) is 0 Å². The number of furan rings is 1. The monoisotopic (exact) mass is 213 g/mol. The van der Waals surface area contributed by atoms with Gasteiger partial charge >= 0.3 is 0 Å². The van der Waals surface area contributed by atoms with Gasteiger partial charge in [-0.2, -0.15) is 0 Å². The number of benzene rings is 2. The Morgan fingerprint density at radius 1 is 1.12 bits per heavy atom. The number of methoxy groups -OCH3 is 1. The van der Waals surface area contributed by atoms with Gasteiger partial charge in [0.2, 0.25) is 0 Å². The summed E-state index contributed by atoms with van der Waals surface area (Å²) in [5, 5.41) is 3.24. The molecule has 3 rings (SSSR count). The zero-order chi connectivity index (χ0) is 11.1. The molecular weight excluding hydrogens is 202 g/mol. The van der Waals surface area contributed by atoms with Crippen molar-refractivity contribution in [1.82, 2.24) is 0 Å². The second-order valence-electron chi connectivity index (χ2n) is 3.69. The van der Waals surface area contributed by atoms with Crippen LogP contribution in [0.5, 0.6) is 5.75 Å². The van der Waals surface area contributed by atoms with E-state index in [0.717, 1.165) is 16.2 Å². The van der Waals surface area contributed by atoms with Crippen molar-refractivity contribution in [3.8, 4) is 5.75 Å². The molecule has 3 heteroatoms. The van der Waals surface area contributed by atoms with Gasteiger partial charge in [-0.3, -0.25) is 0 Å². The van der Waals surface area contributed by atoms with E-state index in [-0.39, 0.29) is 0 Å². The summed E-state index contributed by atoms with van der Waals surface area (Å²) in [7, 11) is 1.63. The Morgan fingerprint density at radius 2 is 1.94 bits per heavy atom. The first-order valence-corrected chi connectivity index (χ1v) is 5.04. The van der Waals surface area contributed by atoms with Crippen molar-refractivity contribution in [3.05, 3.63) is 36.4 Å². The maximum Gasteiger partial charge on any atom is 0.191 e. The highest BCUT2D eigenvalue weighted by Gasteiger charge is 2.11. The molecular formula is C13H11NO2. The second kappa shape index (κ2) is 3.17. The summed E-state index contributed by atoms with van der Waals surface area (Å²) in [6.07, 6.45) is 0. The lowest BCUT2D eigenvalue weighted by atomic mass is 10.1. The molecule has 0 aliphatic carbocycles. The lowest BCUT2D eigenvalue weighted by Crippen LogP contribution is -1.84. The molecule has 0 saturated heterocycles. The molecule has 1 heterocycles. The molecule has 2 aromatic carbocycles. The van der Waals surface area contributed by atoms with Crippen LogP contribution in [0.15, 0.2) is 40.8 Å². The molecule has 0 aliphatic rings. The fourth-order valence-electron chi connectivity index (χ4n) is 2.02. The largest absolute Gasteiger partial charge is 0.493 e. The van der Waals surface area contributed by atoms with Crippen LogP contribution < -0.4 is 10.5 Å². The van der Waals surface area contributed by atoms with Crippen LogP contribution in [-0.4, -0.2) is 7.11 Å². The molecule has 3 aromatic rings. The van der Waals surface area contributed by atoms with Gasteiger partial charge in [0.25, 0.3) is 0 Å². The molecule has 0 atom stereocenters. The molecule has 0 radical (unpaired) electrons. The van der Waals surface area contributed by atoms with Gasteiger partial charge in [0.1, 0.15) is 0 Å². The van der Waals surface area contributed by atoms with Crippen molar-refractivity contribution in [3.63, 3.8) is 0 Å². The van der Waals surface area contributed by atoms with E-state index in [2.05, 4.69) is 0 Å². The van der Waals surface area contributed by atoms with Crippen molar-refractivity contribution in [2.75, 3.05) is 12.8 Å². The van der Waals surface area contributed by atoms with Gasteiger partial charge in [0, 0.05) is 11.5 Å². The molecule has 0 amide bonds. The number of nitrogen functional groups attached to an aromatic ring is 1. The number of ether oxygens (including phenoxy) is 1.